The number of allylic oxidation sites excluding steroid dienone is 1. The van der Waals surface area contributed by atoms with Crippen LogP contribution in [0.2, 0.25) is 5.02 Å². The van der Waals surface area contributed by atoms with Crippen LogP contribution in [-0.2, 0) is 6.42 Å². The lowest BCUT2D eigenvalue weighted by Crippen LogP contribution is -1.97. The third-order valence-corrected chi connectivity index (χ3v) is 3.49. The topological polar surface area (TPSA) is 45.4 Å². The lowest BCUT2D eigenvalue weighted by molar-refractivity contribution is 0.397. The van der Waals surface area contributed by atoms with E-state index in [4.69, 9.17) is 11.6 Å². The molecule has 0 spiro atoms. The smallest absolute Gasteiger partial charge is 0.206 e. The molecule has 0 saturated carbocycles. The van der Waals surface area contributed by atoms with Crippen molar-refractivity contribution in [3.05, 3.63) is 46.2 Å². The van der Waals surface area contributed by atoms with Gasteiger partial charge in [-0.05, 0) is 31.0 Å². The molecule has 0 fully saturated rings. The molecule has 2 N–H and O–H groups in total. The van der Waals surface area contributed by atoms with Crippen LogP contribution < -0.4 is 0 Å². The maximum Gasteiger partial charge on any atom is 0.206 e. The first-order valence-electron chi connectivity index (χ1n) is 5.87. The van der Waals surface area contributed by atoms with E-state index in [1.807, 2.05) is 6.08 Å². The van der Waals surface area contributed by atoms with Gasteiger partial charge >= 0.3 is 0 Å². The highest BCUT2D eigenvalue weighted by Crippen LogP contribution is 2.40. The van der Waals surface area contributed by atoms with Crippen LogP contribution in [0.25, 0.3) is 11.8 Å². The summed E-state index contributed by atoms with van der Waals surface area (Å²) in [5.41, 5.74) is 1.25. The first kappa shape index (κ1) is 12.1. The Labute approximate surface area is 114 Å². The molecule has 0 bridgehead atoms. The van der Waals surface area contributed by atoms with Crippen LogP contribution in [0.15, 0.2) is 24.3 Å². The molecule has 1 aromatic carbocycles. The number of halogens is 2. The Morgan fingerprint density at radius 1 is 1.21 bits per heavy atom. The average Bonchev–Trinajstić information content (AvgIpc) is 2.64. The minimum Gasteiger partial charge on any atom is -0.494 e. The molecule has 0 atom stereocenters. The Bertz CT molecular complexity index is 691. The van der Waals surface area contributed by atoms with Gasteiger partial charge in [0.1, 0.15) is 5.82 Å². The maximum absolute atomic E-state index is 13.9. The molecule has 3 rings (SSSR count). The van der Waals surface area contributed by atoms with Gasteiger partial charge < -0.3 is 10.2 Å². The molecule has 0 radical (unpaired) electrons. The second kappa shape index (κ2) is 4.31. The van der Waals surface area contributed by atoms with E-state index in [0.717, 1.165) is 17.1 Å². The summed E-state index contributed by atoms with van der Waals surface area (Å²) < 4.78 is 15.0. The molecule has 19 heavy (non-hydrogen) atoms. The second-order valence-corrected chi connectivity index (χ2v) is 4.85. The Hall–Kier alpha value is -1.94. The fourth-order valence-electron chi connectivity index (χ4n) is 2.35. The average molecular weight is 280 g/mol. The molecular weight excluding hydrogens is 269 g/mol. The number of hydrogen-bond donors (Lipinski definition) is 2. The van der Waals surface area contributed by atoms with Gasteiger partial charge in [0.05, 0.1) is 5.69 Å². The standard InChI is InChI=1S/C14H11ClFNO2/c15-8-5-6-12(11(16)7-8)17-13(18)9-3-1-2-4-10(9)14(17)19/h1,3,5-7,18-19H,2,4H2. The number of aromatic nitrogens is 1. The van der Waals surface area contributed by atoms with E-state index in [9.17, 15) is 14.6 Å². The predicted octanol–water partition coefficient (Wildman–Crippen LogP) is 3.64. The van der Waals surface area contributed by atoms with Gasteiger partial charge in [-0.1, -0.05) is 23.8 Å². The lowest BCUT2D eigenvalue weighted by atomic mass is 10.0. The zero-order valence-corrected chi connectivity index (χ0v) is 10.7. The number of hydrogen-bond acceptors (Lipinski definition) is 2. The zero-order valence-electron chi connectivity index (χ0n) is 9.90. The predicted molar refractivity (Wildman–Crippen MR) is 71.4 cm³/mol. The van der Waals surface area contributed by atoms with Gasteiger partial charge in [-0.25, -0.2) is 8.96 Å². The molecule has 98 valence electrons. The quantitative estimate of drug-likeness (QED) is 0.837. The van der Waals surface area contributed by atoms with Crippen molar-refractivity contribution in [2.45, 2.75) is 12.8 Å². The molecule has 0 unspecified atom stereocenters. The minimum absolute atomic E-state index is 0.0715. The van der Waals surface area contributed by atoms with Gasteiger partial charge in [0.15, 0.2) is 0 Å². The van der Waals surface area contributed by atoms with E-state index in [1.54, 1.807) is 6.08 Å². The van der Waals surface area contributed by atoms with Crippen molar-refractivity contribution >= 4 is 17.7 Å². The van der Waals surface area contributed by atoms with E-state index >= 15 is 0 Å². The highest BCUT2D eigenvalue weighted by atomic mass is 35.5. The van der Waals surface area contributed by atoms with Crippen LogP contribution in [0.3, 0.4) is 0 Å². The molecular formula is C14H11ClFNO2. The van der Waals surface area contributed by atoms with Crippen molar-refractivity contribution < 1.29 is 14.6 Å². The van der Waals surface area contributed by atoms with Crippen LogP contribution in [-0.4, -0.2) is 14.8 Å². The van der Waals surface area contributed by atoms with Crippen molar-refractivity contribution in [3.8, 4) is 17.4 Å². The van der Waals surface area contributed by atoms with Gasteiger partial charge in [0.2, 0.25) is 11.8 Å². The minimum atomic E-state index is -0.602. The van der Waals surface area contributed by atoms with E-state index < -0.39 is 5.82 Å². The first-order valence-corrected chi connectivity index (χ1v) is 6.25. The summed E-state index contributed by atoms with van der Waals surface area (Å²) in [5, 5.41) is 20.6. The van der Waals surface area contributed by atoms with Crippen molar-refractivity contribution in [2.24, 2.45) is 0 Å². The molecule has 5 heteroatoms. The van der Waals surface area contributed by atoms with Gasteiger partial charge in [-0.3, -0.25) is 0 Å². The van der Waals surface area contributed by atoms with Crippen LogP contribution in [0.5, 0.6) is 11.8 Å². The Kier molecular flexibility index (Phi) is 2.75. The number of benzene rings is 1. The van der Waals surface area contributed by atoms with Crippen molar-refractivity contribution in [1.82, 2.24) is 4.57 Å². The highest BCUT2D eigenvalue weighted by molar-refractivity contribution is 6.30. The fraction of sp³-hybridized carbons (Fsp3) is 0.143. The molecule has 1 aliphatic rings. The third-order valence-electron chi connectivity index (χ3n) is 3.26. The summed E-state index contributed by atoms with van der Waals surface area (Å²) >= 11 is 5.70. The van der Waals surface area contributed by atoms with Crippen LogP contribution in [0.1, 0.15) is 17.5 Å². The molecule has 1 aliphatic carbocycles. The molecule has 3 nitrogen and oxygen atoms in total. The van der Waals surface area contributed by atoms with Crippen molar-refractivity contribution in [1.29, 1.82) is 0 Å². The SMILES string of the molecule is Oc1c2c(c(O)n1-c1ccc(Cl)cc1F)CCC=C2. The molecule has 1 heterocycles. The largest absolute Gasteiger partial charge is 0.494 e. The van der Waals surface area contributed by atoms with E-state index in [1.165, 1.54) is 12.1 Å². The maximum atomic E-state index is 13.9. The normalized spacial score (nSPS) is 13.6. The number of aromatic hydroxyl groups is 2. The lowest BCUT2D eigenvalue weighted by Gasteiger charge is -2.08. The first-order chi connectivity index (χ1) is 9.09. The Morgan fingerprint density at radius 2 is 2.00 bits per heavy atom. The number of rotatable bonds is 1. The summed E-state index contributed by atoms with van der Waals surface area (Å²) in [6, 6.07) is 4.07. The highest BCUT2D eigenvalue weighted by Gasteiger charge is 2.24. The van der Waals surface area contributed by atoms with Gasteiger partial charge in [-0.15, -0.1) is 0 Å². The van der Waals surface area contributed by atoms with Crippen LogP contribution >= 0.6 is 11.6 Å². The van der Waals surface area contributed by atoms with E-state index in [0.29, 0.717) is 17.5 Å². The number of nitrogens with zero attached hydrogens (tertiary/aromatic N) is 1. The molecule has 2 aromatic rings. The van der Waals surface area contributed by atoms with E-state index in [-0.39, 0.29) is 22.5 Å². The monoisotopic (exact) mass is 279 g/mol. The molecule has 1 aromatic heterocycles. The summed E-state index contributed by atoms with van der Waals surface area (Å²) in [5.74, 6) is -0.892. The molecule has 0 saturated heterocycles. The summed E-state index contributed by atoms with van der Waals surface area (Å²) in [4.78, 5) is 0. The van der Waals surface area contributed by atoms with Gasteiger partial charge in [0.25, 0.3) is 0 Å². The zero-order chi connectivity index (χ0) is 13.6. The molecule has 0 amide bonds. The fourth-order valence-corrected chi connectivity index (χ4v) is 2.51. The Morgan fingerprint density at radius 3 is 2.68 bits per heavy atom. The van der Waals surface area contributed by atoms with E-state index in [2.05, 4.69) is 0 Å². The summed E-state index contributed by atoms with van der Waals surface area (Å²) in [6.07, 6.45) is 5.04. The number of fused-ring (bicyclic) bond motifs is 1. The van der Waals surface area contributed by atoms with Crippen molar-refractivity contribution in [3.63, 3.8) is 0 Å². The summed E-state index contributed by atoms with van der Waals surface area (Å²) in [6.45, 7) is 0. The van der Waals surface area contributed by atoms with Gasteiger partial charge in [0, 0.05) is 16.1 Å². The van der Waals surface area contributed by atoms with Crippen molar-refractivity contribution in [2.75, 3.05) is 0 Å². The second-order valence-electron chi connectivity index (χ2n) is 4.41. The molecule has 0 aliphatic heterocycles. The van der Waals surface area contributed by atoms with Crippen LogP contribution in [0.4, 0.5) is 4.39 Å². The van der Waals surface area contributed by atoms with Gasteiger partial charge in [-0.2, -0.15) is 0 Å². The Balaban J connectivity index is 2.26. The summed E-state index contributed by atoms with van der Waals surface area (Å²) in [7, 11) is 0. The third kappa shape index (κ3) is 1.79. The van der Waals surface area contributed by atoms with Crippen LogP contribution in [0, 0.1) is 5.82 Å².